The molecule has 8 heteroatoms. The van der Waals surface area contributed by atoms with Crippen LogP contribution in [0, 0.1) is 0 Å². The van der Waals surface area contributed by atoms with Crippen molar-refractivity contribution in [1.82, 2.24) is 10.3 Å². The lowest BCUT2D eigenvalue weighted by molar-refractivity contribution is -0.123. The van der Waals surface area contributed by atoms with Gasteiger partial charge in [0.25, 0.3) is 0 Å². The number of nitrogens with one attached hydrogen (secondary N) is 3. The lowest BCUT2D eigenvalue weighted by Crippen LogP contribution is -2.50. The molecule has 8 nitrogen and oxygen atoms in total. The number of carbonyl (C=O) groups is 2. The molecule has 4 aromatic rings. The first-order valence-electron chi connectivity index (χ1n) is 12.2. The number of amides is 2. The normalized spacial score (nSPS) is 14.6. The molecule has 37 heavy (non-hydrogen) atoms. The molecule has 2 heterocycles. The Kier molecular flexibility index (Phi) is 6.83. The van der Waals surface area contributed by atoms with Crippen molar-refractivity contribution in [2.45, 2.75) is 18.9 Å². The number of methoxy groups -OCH3 is 2. The Morgan fingerprint density at radius 1 is 1.00 bits per heavy atom. The molecular weight excluding hydrogens is 468 g/mol. The highest BCUT2D eigenvalue weighted by atomic mass is 16.5. The van der Waals surface area contributed by atoms with Crippen molar-refractivity contribution in [2.24, 2.45) is 0 Å². The van der Waals surface area contributed by atoms with E-state index in [4.69, 9.17) is 9.47 Å². The van der Waals surface area contributed by atoms with Crippen LogP contribution in [0.1, 0.15) is 24.0 Å². The first-order chi connectivity index (χ1) is 18.0. The predicted molar refractivity (Wildman–Crippen MR) is 145 cm³/mol. The van der Waals surface area contributed by atoms with Gasteiger partial charge >= 0.3 is 0 Å². The Balaban J connectivity index is 1.46. The molecule has 2 unspecified atom stereocenters. The van der Waals surface area contributed by atoms with Gasteiger partial charge in [-0.3, -0.25) is 14.5 Å². The van der Waals surface area contributed by atoms with E-state index in [-0.39, 0.29) is 24.3 Å². The highest BCUT2D eigenvalue weighted by molar-refractivity contribution is 6.11. The van der Waals surface area contributed by atoms with Crippen molar-refractivity contribution in [3.8, 4) is 11.5 Å². The quantitative estimate of drug-likeness (QED) is 0.337. The number of fused-ring (bicyclic) bond motifs is 2. The highest BCUT2D eigenvalue weighted by Crippen LogP contribution is 2.40. The maximum absolute atomic E-state index is 13.5. The van der Waals surface area contributed by atoms with Crippen LogP contribution in [0.2, 0.25) is 0 Å². The van der Waals surface area contributed by atoms with Gasteiger partial charge in [0.1, 0.15) is 6.54 Å². The monoisotopic (exact) mass is 498 g/mol. The van der Waals surface area contributed by atoms with Crippen LogP contribution in [0.15, 0.2) is 72.9 Å². The number of anilines is 2. The Labute approximate surface area is 215 Å². The number of aromatic amines is 1. The van der Waals surface area contributed by atoms with E-state index in [2.05, 4.69) is 21.7 Å². The third-order valence-corrected chi connectivity index (χ3v) is 6.84. The molecule has 1 aliphatic heterocycles. The molecule has 1 aromatic heterocycles. The fourth-order valence-corrected chi connectivity index (χ4v) is 5.00. The summed E-state index contributed by atoms with van der Waals surface area (Å²) in [5, 5.41) is 7.36. The molecule has 3 N–H and O–H groups in total. The molecule has 5 rings (SSSR count). The number of hydrogen-bond acceptors (Lipinski definition) is 5. The van der Waals surface area contributed by atoms with E-state index < -0.39 is 6.04 Å². The van der Waals surface area contributed by atoms with Crippen molar-refractivity contribution in [1.29, 1.82) is 0 Å². The Hall–Kier alpha value is -4.30. The molecule has 190 valence electrons. The van der Waals surface area contributed by atoms with Crippen LogP contribution in [-0.2, 0) is 9.59 Å². The van der Waals surface area contributed by atoms with Crippen LogP contribution in [0.5, 0.6) is 11.5 Å². The van der Waals surface area contributed by atoms with Gasteiger partial charge in [-0.25, -0.2) is 0 Å². The van der Waals surface area contributed by atoms with Gasteiger partial charge in [-0.15, -0.1) is 0 Å². The van der Waals surface area contributed by atoms with Crippen molar-refractivity contribution in [3.05, 3.63) is 84.1 Å². The van der Waals surface area contributed by atoms with Crippen molar-refractivity contribution in [2.75, 3.05) is 37.5 Å². The minimum Gasteiger partial charge on any atom is -0.493 e. The SMILES string of the molecule is COc1cccc(C(CNC(C)C(=O)N2CC(=O)Nc3ccccc32)c2c[nH]c3ccccc23)c1OC. The summed E-state index contributed by atoms with van der Waals surface area (Å²) in [6, 6.07) is 20.8. The van der Waals surface area contributed by atoms with Crippen LogP contribution < -0.4 is 25.0 Å². The number of nitrogens with zero attached hydrogens (tertiary/aromatic N) is 1. The number of H-pyrrole nitrogens is 1. The number of carbonyl (C=O) groups excluding carboxylic acids is 2. The highest BCUT2D eigenvalue weighted by Gasteiger charge is 2.31. The van der Waals surface area contributed by atoms with Crippen LogP contribution in [-0.4, -0.2) is 50.1 Å². The maximum Gasteiger partial charge on any atom is 0.244 e. The standard InChI is InChI=1S/C29H30N4O4/c1-18(29(35)33-17-27(34)32-24-12-6-7-13-25(24)33)30-15-22(20-10-8-14-26(36-2)28(20)37-3)21-16-31-23-11-5-4-9-19(21)23/h4-14,16,18,22,30-31H,15,17H2,1-3H3,(H,32,34). The average Bonchev–Trinajstić information content (AvgIpc) is 3.35. The zero-order valence-electron chi connectivity index (χ0n) is 21.1. The number of aromatic nitrogens is 1. The number of ether oxygens (including phenoxy) is 2. The molecule has 0 saturated heterocycles. The van der Waals surface area contributed by atoms with E-state index in [1.807, 2.05) is 67.7 Å². The minimum absolute atomic E-state index is 0.0164. The van der Waals surface area contributed by atoms with Crippen molar-refractivity contribution >= 4 is 34.1 Å². The van der Waals surface area contributed by atoms with E-state index in [9.17, 15) is 9.59 Å². The molecule has 0 radical (unpaired) electrons. The van der Waals surface area contributed by atoms with Gasteiger partial charge in [0, 0.05) is 35.1 Å². The van der Waals surface area contributed by atoms with Crippen LogP contribution in [0.25, 0.3) is 10.9 Å². The molecule has 2 atom stereocenters. The molecule has 0 fully saturated rings. The van der Waals surface area contributed by atoms with Gasteiger partial charge < -0.3 is 25.1 Å². The minimum atomic E-state index is -0.539. The third kappa shape index (κ3) is 4.63. The van der Waals surface area contributed by atoms with Crippen molar-refractivity contribution in [3.63, 3.8) is 0 Å². The molecule has 2 amide bonds. The zero-order valence-corrected chi connectivity index (χ0v) is 21.1. The fraction of sp³-hybridized carbons (Fsp3) is 0.241. The van der Waals surface area contributed by atoms with Crippen LogP contribution >= 0.6 is 0 Å². The molecule has 0 bridgehead atoms. The van der Waals surface area contributed by atoms with Gasteiger partial charge in [0.15, 0.2) is 11.5 Å². The van der Waals surface area contributed by atoms with E-state index in [1.54, 1.807) is 25.2 Å². The summed E-state index contributed by atoms with van der Waals surface area (Å²) in [7, 11) is 3.25. The fourth-order valence-electron chi connectivity index (χ4n) is 5.00. The smallest absolute Gasteiger partial charge is 0.244 e. The van der Waals surface area contributed by atoms with Gasteiger partial charge in [0.05, 0.1) is 31.6 Å². The molecule has 0 saturated carbocycles. The summed E-state index contributed by atoms with van der Waals surface area (Å²) in [5.41, 5.74) is 4.39. The second kappa shape index (κ2) is 10.4. The van der Waals surface area contributed by atoms with Crippen molar-refractivity contribution < 1.29 is 19.1 Å². The number of hydrogen-bond donors (Lipinski definition) is 3. The largest absolute Gasteiger partial charge is 0.493 e. The van der Waals surface area contributed by atoms with E-state index in [0.717, 1.165) is 22.0 Å². The van der Waals surface area contributed by atoms with E-state index >= 15 is 0 Å². The first kappa shape index (κ1) is 24.4. The van der Waals surface area contributed by atoms with Gasteiger partial charge in [-0.2, -0.15) is 0 Å². The van der Waals surface area contributed by atoms with E-state index in [0.29, 0.717) is 29.4 Å². The predicted octanol–water partition coefficient (Wildman–Crippen LogP) is 4.28. The van der Waals surface area contributed by atoms with Crippen LogP contribution in [0.3, 0.4) is 0 Å². The Morgan fingerprint density at radius 3 is 2.59 bits per heavy atom. The van der Waals surface area contributed by atoms with Gasteiger partial charge in [-0.05, 0) is 36.8 Å². The number of benzene rings is 3. The molecule has 3 aromatic carbocycles. The molecule has 0 aliphatic carbocycles. The first-order valence-corrected chi connectivity index (χ1v) is 12.2. The summed E-state index contributed by atoms with van der Waals surface area (Å²) in [6.07, 6.45) is 2.01. The van der Waals surface area contributed by atoms with Gasteiger partial charge in [-0.1, -0.05) is 42.5 Å². The number of para-hydroxylation sites is 4. The summed E-state index contributed by atoms with van der Waals surface area (Å²) < 4.78 is 11.3. The lowest BCUT2D eigenvalue weighted by Gasteiger charge is -2.32. The lowest BCUT2D eigenvalue weighted by atomic mass is 9.89. The van der Waals surface area contributed by atoms with Gasteiger partial charge in [0.2, 0.25) is 11.8 Å². The second-order valence-electron chi connectivity index (χ2n) is 9.04. The number of rotatable bonds is 8. The topological polar surface area (TPSA) is 95.7 Å². The zero-order chi connectivity index (χ0) is 25.9. The van der Waals surface area contributed by atoms with Crippen LogP contribution in [0.4, 0.5) is 11.4 Å². The Bertz CT molecular complexity index is 1450. The summed E-state index contributed by atoms with van der Waals surface area (Å²) in [5.74, 6) is 0.774. The van der Waals surface area contributed by atoms with E-state index in [1.165, 1.54) is 0 Å². The summed E-state index contributed by atoms with van der Waals surface area (Å²) in [4.78, 5) is 30.7. The second-order valence-corrected chi connectivity index (χ2v) is 9.04. The molecule has 1 aliphatic rings. The maximum atomic E-state index is 13.5. The molecule has 0 spiro atoms. The Morgan fingerprint density at radius 2 is 1.78 bits per heavy atom. The third-order valence-electron chi connectivity index (χ3n) is 6.84. The summed E-state index contributed by atoms with van der Waals surface area (Å²) in [6.45, 7) is 2.27. The summed E-state index contributed by atoms with van der Waals surface area (Å²) >= 11 is 0. The molecular formula is C29H30N4O4. The average molecular weight is 499 g/mol.